The molecule has 2 aromatic carbocycles. The molecule has 0 aliphatic rings. The van der Waals surface area contributed by atoms with E-state index in [1.165, 1.54) is 13.1 Å². The van der Waals surface area contributed by atoms with E-state index in [-0.39, 0.29) is 5.78 Å². The lowest BCUT2D eigenvalue weighted by molar-refractivity contribution is 0.101. The first-order valence-corrected chi connectivity index (χ1v) is 6.85. The molecule has 0 fully saturated rings. The first kappa shape index (κ1) is 13.6. The number of aromatic nitrogens is 1. The van der Waals surface area contributed by atoms with Gasteiger partial charge in [0.2, 0.25) is 5.88 Å². The van der Waals surface area contributed by atoms with E-state index in [1.54, 1.807) is 18.2 Å². The van der Waals surface area contributed by atoms with Gasteiger partial charge in [-0.15, -0.1) is 0 Å². The maximum atomic E-state index is 11.2. The smallest absolute Gasteiger partial charge is 0.219 e. The molecule has 1 heterocycles. The number of ether oxygens (including phenoxy) is 1. The molecule has 0 bridgehead atoms. The van der Waals surface area contributed by atoms with Crippen molar-refractivity contribution in [1.29, 1.82) is 0 Å². The quantitative estimate of drug-likeness (QED) is 0.647. The molecule has 0 spiro atoms. The van der Waals surface area contributed by atoms with E-state index in [0.29, 0.717) is 22.2 Å². The highest BCUT2D eigenvalue weighted by atomic mass is 35.5. The lowest BCUT2D eigenvalue weighted by Gasteiger charge is -2.09. The molecular weight excluding hydrogens is 286 g/mol. The van der Waals surface area contributed by atoms with Gasteiger partial charge in [0.25, 0.3) is 0 Å². The predicted molar refractivity (Wildman–Crippen MR) is 83.3 cm³/mol. The third kappa shape index (κ3) is 2.73. The van der Waals surface area contributed by atoms with Gasteiger partial charge in [0.15, 0.2) is 5.78 Å². The molecule has 3 rings (SSSR count). The van der Waals surface area contributed by atoms with Crippen molar-refractivity contribution in [2.45, 2.75) is 6.92 Å². The molecule has 21 heavy (non-hydrogen) atoms. The Morgan fingerprint density at radius 3 is 2.48 bits per heavy atom. The first-order chi connectivity index (χ1) is 10.1. The fourth-order valence-electron chi connectivity index (χ4n) is 2.09. The van der Waals surface area contributed by atoms with Gasteiger partial charge in [0.05, 0.1) is 0 Å². The minimum absolute atomic E-state index is 0.0222. The Bertz CT molecular complexity index is 813. The van der Waals surface area contributed by atoms with Crippen LogP contribution in [0.4, 0.5) is 0 Å². The Hall–Kier alpha value is -2.39. The number of Topliss-reactive ketones (excluding diaryl/α,β-unsaturated/α-hetero) is 1. The molecule has 3 aromatic rings. The molecule has 0 saturated carbocycles. The van der Waals surface area contributed by atoms with E-state index in [2.05, 4.69) is 4.98 Å². The van der Waals surface area contributed by atoms with Crippen molar-refractivity contribution in [3.8, 4) is 11.6 Å². The summed E-state index contributed by atoms with van der Waals surface area (Å²) in [6.45, 7) is 1.50. The topological polar surface area (TPSA) is 39.2 Å². The third-order valence-electron chi connectivity index (χ3n) is 3.19. The van der Waals surface area contributed by atoms with Gasteiger partial charge >= 0.3 is 0 Å². The van der Waals surface area contributed by atoms with Crippen LogP contribution in [-0.2, 0) is 0 Å². The summed E-state index contributed by atoms with van der Waals surface area (Å²) in [6, 6.07) is 14.7. The van der Waals surface area contributed by atoms with Crippen LogP contribution in [0.15, 0.2) is 54.7 Å². The van der Waals surface area contributed by atoms with E-state index in [4.69, 9.17) is 16.3 Å². The second-order valence-corrected chi connectivity index (χ2v) is 5.04. The highest BCUT2D eigenvalue weighted by molar-refractivity contribution is 6.35. The monoisotopic (exact) mass is 297 g/mol. The van der Waals surface area contributed by atoms with Crippen LogP contribution >= 0.6 is 11.6 Å². The second-order valence-electron chi connectivity index (χ2n) is 4.63. The van der Waals surface area contributed by atoms with Crippen molar-refractivity contribution in [3.63, 3.8) is 0 Å². The molecule has 0 saturated heterocycles. The van der Waals surface area contributed by atoms with Crippen LogP contribution in [0.2, 0.25) is 5.02 Å². The summed E-state index contributed by atoms with van der Waals surface area (Å²) < 4.78 is 5.80. The van der Waals surface area contributed by atoms with Gasteiger partial charge in [0.1, 0.15) is 5.75 Å². The summed E-state index contributed by atoms with van der Waals surface area (Å²) in [4.78, 5) is 15.4. The molecule has 0 aliphatic heterocycles. The number of carbonyl (C=O) groups is 1. The van der Waals surface area contributed by atoms with E-state index >= 15 is 0 Å². The first-order valence-electron chi connectivity index (χ1n) is 6.47. The average molecular weight is 298 g/mol. The van der Waals surface area contributed by atoms with Crippen molar-refractivity contribution in [2.75, 3.05) is 0 Å². The van der Waals surface area contributed by atoms with Crippen molar-refractivity contribution in [3.05, 3.63) is 65.3 Å². The van der Waals surface area contributed by atoms with Gasteiger partial charge in [0, 0.05) is 33.6 Å². The van der Waals surface area contributed by atoms with Gasteiger partial charge in [-0.3, -0.25) is 4.79 Å². The Kier molecular flexibility index (Phi) is 3.59. The van der Waals surface area contributed by atoms with Crippen LogP contribution in [-0.4, -0.2) is 10.8 Å². The molecular formula is C17H12ClNO2. The highest BCUT2D eigenvalue weighted by Gasteiger charge is 2.07. The molecule has 0 radical (unpaired) electrons. The Morgan fingerprint density at radius 2 is 1.81 bits per heavy atom. The van der Waals surface area contributed by atoms with Gasteiger partial charge < -0.3 is 4.74 Å². The number of carbonyl (C=O) groups excluding carboxylic acids is 1. The molecule has 0 unspecified atom stereocenters. The van der Waals surface area contributed by atoms with Crippen LogP contribution < -0.4 is 4.74 Å². The van der Waals surface area contributed by atoms with Crippen LogP contribution in [0.5, 0.6) is 11.6 Å². The largest absolute Gasteiger partial charge is 0.438 e. The van der Waals surface area contributed by atoms with E-state index in [1.807, 2.05) is 30.3 Å². The van der Waals surface area contributed by atoms with E-state index in [0.717, 1.165) is 10.8 Å². The van der Waals surface area contributed by atoms with Crippen molar-refractivity contribution < 1.29 is 9.53 Å². The zero-order valence-electron chi connectivity index (χ0n) is 11.3. The molecule has 4 heteroatoms. The van der Waals surface area contributed by atoms with Crippen LogP contribution in [0.3, 0.4) is 0 Å². The number of hydrogen-bond donors (Lipinski definition) is 0. The minimum Gasteiger partial charge on any atom is -0.438 e. The Labute approximate surface area is 127 Å². The number of hydrogen-bond acceptors (Lipinski definition) is 3. The summed E-state index contributed by atoms with van der Waals surface area (Å²) in [7, 11) is 0. The molecule has 0 N–H and O–H groups in total. The zero-order valence-corrected chi connectivity index (χ0v) is 12.1. The number of ketones is 1. The number of nitrogens with zero attached hydrogens (tertiary/aromatic N) is 1. The normalized spacial score (nSPS) is 10.6. The lowest BCUT2D eigenvalue weighted by atomic mass is 10.1. The third-order valence-corrected chi connectivity index (χ3v) is 3.52. The number of benzene rings is 2. The van der Waals surface area contributed by atoms with Crippen LogP contribution in [0.25, 0.3) is 10.8 Å². The number of rotatable bonds is 3. The fraction of sp³-hybridized carbons (Fsp3) is 0.0588. The standard InChI is InChI=1S/C17H12ClNO2/c1-11(20)12-6-9-17(19-10-12)21-16-8-7-15(18)13-4-2-3-5-14(13)16/h2-10H,1H3. The Morgan fingerprint density at radius 1 is 1.05 bits per heavy atom. The van der Waals surface area contributed by atoms with Crippen molar-refractivity contribution in [1.82, 2.24) is 4.98 Å². The van der Waals surface area contributed by atoms with Crippen molar-refractivity contribution >= 4 is 28.2 Å². The molecule has 0 aliphatic carbocycles. The summed E-state index contributed by atoms with van der Waals surface area (Å²) in [5, 5.41) is 2.53. The number of pyridine rings is 1. The molecule has 1 aromatic heterocycles. The maximum absolute atomic E-state index is 11.2. The highest BCUT2D eigenvalue weighted by Crippen LogP contribution is 2.33. The SMILES string of the molecule is CC(=O)c1ccc(Oc2ccc(Cl)c3ccccc23)nc1. The summed E-state index contributed by atoms with van der Waals surface area (Å²) >= 11 is 6.18. The number of fused-ring (bicyclic) bond motifs is 1. The fourth-order valence-corrected chi connectivity index (χ4v) is 2.31. The van der Waals surface area contributed by atoms with E-state index < -0.39 is 0 Å². The van der Waals surface area contributed by atoms with Gasteiger partial charge in [-0.05, 0) is 25.1 Å². The molecule has 104 valence electrons. The summed E-state index contributed by atoms with van der Waals surface area (Å²) in [6.07, 6.45) is 1.51. The summed E-state index contributed by atoms with van der Waals surface area (Å²) in [5.41, 5.74) is 0.559. The van der Waals surface area contributed by atoms with Crippen molar-refractivity contribution in [2.24, 2.45) is 0 Å². The van der Waals surface area contributed by atoms with E-state index in [9.17, 15) is 4.79 Å². The molecule has 0 amide bonds. The van der Waals surface area contributed by atoms with Gasteiger partial charge in [-0.1, -0.05) is 35.9 Å². The number of halogens is 1. The van der Waals surface area contributed by atoms with Crippen LogP contribution in [0, 0.1) is 0 Å². The molecule has 3 nitrogen and oxygen atoms in total. The second kappa shape index (κ2) is 5.54. The average Bonchev–Trinajstić information content (AvgIpc) is 2.51. The zero-order chi connectivity index (χ0) is 14.8. The Balaban J connectivity index is 1.98. The minimum atomic E-state index is -0.0222. The molecule has 0 atom stereocenters. The van der Waals surface area contributed by atoms with Gasteiger partial charge in [-0.25, -0.2) is 4.98 Å². The lowest BCUT2D eigenvalue weighted by Crippen LogP contribution is -1.94. The predicted octanol–water partition coefficient (Wildman–Crippen LogP) is 4.88. The van der Waals surface area contributed by atoms with Gasteiger partial charge in [-0.2, -0.15) is 0 Å². The van der Waals surface area contributed by atoms with Crippen LogP contribution in [0.1, 0.15) is 17.3 Å². The summed E-state index contributed by atoms with van der Waals surface area (Å²) in [5.74, 6) is 1.09. The maximum Gasteiger partial charge on any atom is 0.219 e.